The lowest BCUT2D eigenvalue weighted by molar-refractivity contribution is -0.156. The summed E-state index contributed by atoms with van der Waals surface area (Å²) in [6.45, 7) is 3.90. The summed E-state index contributed by atoms with van der Waals surface area (Å²) in [5.41, 5.74) is 3.79. The maximum absolute atomic E-state index is 13.4. The van der Waals surface area contributed by atoms with E-state index in [0.29, 0.717) is 11.8 Å². The second kappa shape index (κ2) is 10.7. The number of hydroxylamine groups is 1. The van der Waals surface area contributed by atoms with Gasteiger partial charge in [0.15, 0.2) is 6.04 Å². The van der Waals surface area contributed by atoms with Gasteiger partial charge in [-0.1, -0.05) is 56.0 Å². The largest absolute Gasteiger partial charge is 0.377 e. The van der Waals surface area contributed by atoms with E-state index in [0.717, 1.165) is 36.8 Å². The molecule has 0 aromatic heterocycles. The van der Waals surface area contributed by atoms with Crippen molar-refractivity contribution in [3.8, 4) is 0 Å². The molecule has 0 spiro atoms. The molecule has 1 unspecified atom stereocenters. The van der Waals surface area contributed by atoms with Gasteiger partial charge in [-0.2, -0.15) is 0 Å². The third-order valence-corrected chi connectivity index (χ3v) is 7.38. The van der Waals surface area contributed by atoms with Gasteiger partial charge in [0.1, 0.15) is 0 Å². The molecule has 1 fully saturated rings. The van der Waals surface area contributed by atoms with Crippen LogP contribution in [0.15, 0.2) is 41.3 Å². The maximum atomic E-state index is 13.4. The summed E-state index contributed by atoms with van der Waals surface area (Å²) in [5.74, 6) is -0.486. The zero-order valence-corrected chi connectivity index (χ0v) is 20.2. The van der Waals surface area contributed by atoms with Crippen molar-refractivity contribution in [3.05, 3.63) is 36.4 Å². The molecule has 0 saturated heterocycles. The van der Waals surface area contributed by atoms with Crippen LogP contribution in [0, 0.1) is 5.92 Å². The first-order valence-corrected chi connectivity index (χ1v) is 12.8. The Balaban J connectivity index is 1.83. The standard InChI is InChI=1S/C24H35N3O4S/c1-17(2)16-21(24(28)31-25-18-10-6-5-7-11-18)26-32(29,30)23-15-9-12-19-20(23)13-8-14-22(19)27(3)4/h8-9,12-15,17-18,21,25H,5-7,10-11,16H2,1-4H3,(H,26,29)/q+1/t21-,32?/m1/s1. The number of hydrogen-bond donors (Lipinski definition) is 2. The van der Waals surface area contributed by atoms with Gasteiger partial charge in [-0.05, 0) is 47.6 Å². The molecule has 3 rings (SSSR count). The van der Waals surface area contributed by atoms with Crippen LogP contribution in [-0.4, -0.2) is 32.1 Å². The normalized spacial score (nSPS) is 17.8. The monoisotopic (exact) mass is 461 g/mol. The van der Waals surface area contributed by atoms with Crippen molar-refractivity contribution in [3.63, 3.8) is 0 Å². The minimum absolute atomic E-state index is 0.109. The van der Waals surface area contributed by atoms with Crippen LogP contribution in [0.5, 0.6) is 0 Å². The van der Waals surface area contributed by atoms with Crippen molar-refractivity contribution in [1.29, 1.82) is 0 Å². The molecule has 0 amide bonds. The Labute approximate surface area is 192 Å². The fourth-order valence-corrected chi connectivity index (χ4v) is 5.66. The zero-order valence-electron chi connectivity index (χ0n) is 19.4. The predicted octanol–water partition coefficient (Wildman–Crippen LogP) is 4.41. The molecule has 1 radical (unpaired) electrons. The van der Waals surface area contributed by atoms with E-state index in [2.05, 4.69) is 10.2 Å². The smallest absolute Gasteiger partial charge is 0.367 e. The Bertz CT molecular complexity index is 973. The first kappa shape index (κ1) is 24.6. The van der Waals surface area contributed by atoms with Crippen LogP contribution in [0.25, 0.3) is 10.8 Å². The Morgan fingerprint density at radius 3 is 2.41 bits per heavy atom. The van der Waals surface area contributed by atoms with Gasteiger partial charge in [0.2, 0.25) is 4.90 Å². The van der Waals surface area contributed by atoms with E-state index in [1.807, 2.05) is 51.0 Å². The van der Waals surface area contributed by atoms with E-state index in [4.69, 9.17) is 4.84 Å². The van der Waals surface area contributed by atoms with Gasteiger partial charge in [0.25, 0.3) is 0 Å². The summed E-state index contributed by atoms with van der Waals surface area (Å²) in [5, 5.41) is 1.45. The van der Waals surface area contributed by atoms with Crippen molar-refractivity contribution in [2.24, 2.45) is 5.92 Å². The second-order valence-corrected chi connectivity index (χ2v) is 10.9. The summed E-state index contributed by atoms with van der Waals surface area (Å²) >= 11 is 0. The highest BCUT2D eigenvalue weighted by atomic mass is 32.3. The average Bonchev–Trinajstić information content (AvgIpc) is 2.76. The van der Waals surface area contributed by atoms with E-state index >= 15 is 0 Å². The van der Waals surface area contributed by atoms with Gasteiger partial charge in [-0.25, -0.2) is 4.79 Å². The Morgan fingerprint density at radius 1 is 1.09 bits per heavy atom. The number of carbonyl (C=O) groups is 1. The molecule has 2 aromatic carbocycles. The van der Waals surface area contributed by atoms with Crippen LogP contribution in [0.2, 0.25) is 0 Å². The second-order valence-electron chi connectivity index (χ2n) is 9.20. The van der Waals surface area contributed by atoms with Gasteiger partial charge in [-0.15, -0.1) is 5.48 Å². The minimum Gasteiger partial charge on any atom is -0.377 e. The fraction of sp³-hybridized carbons (Fsp3) is 0.542. The number of rotatable bonds is 9. The Kier molecular flexibility index (Phi) is 8.27. The summed E-state index contributed by atoms with van der Waals surface area (Å²) in [7, 11) is -0.122. The number of fused-ring (bicyclic) bond motifs is 1. The molecule has 0 heterocycles. The van der Waals surface area contributed by atoms with E-state index in [-0.39, 0.29) is 16.9 Å². The lowest BCUT2D eigenvalue weighted by atomic mass is 9.96. The number of nitrogens with one attached hydrogen (secondary N) is 2. The summed E-state index contributed by atoms with van der Waals surface area (Å²) in [6, 6.07) is 9.93. The Morgan fingerprint density at radius 2 is 1.75 bits per heavy atom. The van der Waals surface area contributed by atoms with Crippen molar-refractivity contribution in [1.82, 2.24) is 10.2 Å². The fourth-order valence-electron chi connectivity index (χ4n) is 4.24. The van der Waals surface area contributed by atoms with Crippen LogP contribution in [0.3, 0.4) is 0 Å². The molecular formula is C24H35N3O4S+. The molecule has 2 N–H and O–H groups in total. The lowest BCUT2D eigenvalue weighted by Crippen LogP contribution is -2.47. The number of sulfonamides is 1. The van der Waals surface area contributed by atoms with Gasteiger partial charge in [-0.3, -0.25) is 0 Å². The summed E-state index contributed by atoms with van der Waals surface area (Å²) in [6.07, 6.45) is 5.66. The predicted molar refractivity (Wildman–Crippen MR) is 128 cm³/mol. The molecule has 0 bridgehead atoms. The first-order valence-electron chi connectivity index (χ1n) is 11.4. The highest BCUT2D eigenvalue weighted by Crippen LogP contribution is 2.32. The molecule has 1 aliphatic carbocycles. The molecule has 8 heteroatoms. The molecule has 1 aliphatic rings. The van der Waals surface area contributed by atoms with Gasteiger partial charge >= 0.3 is 16.4 Å². The summed E-state index contributed by atoms with van der Waals surface area (Å²) in [4.78, 5) is 20.3. The molecule has 2 aromatic rings. The van der Waals surface area contributed by atoms with Crippen molar-refractivity contribution in [2.45, 2.75) is 69.4 Å². The summed E-state index contributed by atoms with van der Waals surface area (Å²) < 4.78 is 29.4. The van der Waals surface area contributed by atoms with E-state index in [1.54, 1.807) is 18.2 Å². The third-order valence-electron chi connectivity index (χ3n) is 5.85. The number of hydrogen-bond acceptors (Lipinski definition) is 5. The van der Waals surface area contributed by atoms with E-state index in [9.17, 15) is 13.6 Å². The highest BCUT2D eigenvalue weighted by Gasteiger charge is 2.41. The molecule has 1 saturated carbocycles. The van der Waals surface area contributed by atoms with Gasteiger partial charge < -0.3 is 9.74 Å². The maximum Gasteiger partial charge on any atom is 0.367 e. The van der Waals surface area contributed by atoms with Gasteiger partial charge in [0.05, 0.1) is 4.55 Å². The molecule has 32 heavy (non-hydrogen) atoms. The van der Waals surface area contributed by atoms with Crippen LogP contribution >= 0.6 is 0 Å². The number of nitrogens with zero attached hydrogens (tertiary/aromatic N) is 1. The van der Waals surface area contributed by atoms with E-state index < -0.39 is 22.4 Å². The topological polar surface area (TPSA) is 90.6 Å². The van der Waals surface area contributed by atoms with Crippen LogP contribution < -0.4 is 15.1 Å². The SMILES string of the molecule is CC(C)C[C@@H](N[S+]([O])(=O)c1cccc2c(N(C)C)cccc12)C(=O)ONC1CCCCC1. The number of anilines is 1. The Hall–Kier alpha value is -2.00. The average molecular weight is 462 g/mol. The van der Waals surface area contributed by atoms with Gasteiger partial charge in [0, 0.05) is 36.6 Å². The minimum atomic E-state index is -3.96. The third kappa shape index (κ3) is 6.07. The van der Waals surface area contributed by atoms with E-state index in [1.165, 1.54) is 6.42 Å². The molecule has 7 nitrogen and oxygen atoms in total. The molecule has 0 aliphatic heterocycles. The first-order chi connectivity index (χ1) is 15.2. The number of benzene rings is 2. The lowest BCUT2D eigenvalue weighted by Gasteiger charge is -2.23. The zero-order chi connectivity index (χ0) is 23.3. The quantitative estimate of drug-likeness (QED) is 0.426. The highest BCUT2D eigenvalue weighted by molar-refractivity contribution is 7.95. The molecule has 175 valence electrons. The van der Waals surface area contributed by atoms with Crippen molar-refractivity contribution in [2.75, 3.05) is 19.0 Å². The van der Waals surface area contributed by atoms with Crippen LogP contribution in [-0.2, 0) is 28.8 Å². The number of carbonyl (C=O) groups excluding carboxylic acids is 1. The molecule has 2 atom stereocenters. The van der Waals surface area contributed by atoms with Crippen LogP contribution in [0.1, 0.15) is 52.4 Å². The van der Waals surface area contributed by atoms with Crippen molar-refractivity contribution >= 4 is 32.8 Å². The van der Waals surface area contributed by atoms with Crippen molar-refractivity contribution < 1.29 is 18.4 Å². The molecular weight excluding hydrogens is 426 g/mol. The van der Waals surface area contributed by atoms with Crippen LogP contribution in [0.4, 0.5) is 5.69 Å².